The molecule has 0 rings (SSSR count). The number of carbonyl (C=O) groups excluding carboxylic acids is 1. The summed E-state index contributed by atoms with van der Waals surface area (Å²) in [5, 5.41) is 0. The maximum Gasteiger partial charge on any atom is 0.155 e. The average molecular weight is 166 g/mol. The summed E-state index contributed by atoms with van der Waals surface area (Å²) in [4.78, 5) is 11.0. The Morgan fingerprint density at radius 2 is 1.92 bits per heavy atom. The molecule has 0 fully saturated rings. The predicted octanol–water partition coefficient (Wildman–Crippen LogP) is 3.27. The van der Waals surface area contributed by atoms with E-state index in [0.717, 1.165) is 19.3 Å². The molecular weight excluding hydrogens is 148 g/mol. The minimum absolute atomic E-state index is 0.248. The van der Waals surface area contributed by atoms with E-state index < -0.39 is 0 Å². The molecule has 68 valence electrons. The lowest BCUT2D eigenvalue weighted by Crippen LogP contribution is -1.89. The van der Waals surface area contributed by atoms with Gasteiger partial charge in [-0.3, -0.25) is 4.79 Å². The highest BCUT2D eigenvalue weighted by molar-refractivity contribution is 5.89. The van der Waals surface area contributed by atoms with Crippen molar-refractivity contribution in [3.8, 4) is 0 Å². The van der Waals surface area contributed by atoms with Gasteiger partial charge in [0.05, 0.1) is 0 Å². The Labute approximate surface area is 75.2 Å². The van der Waals surface area contributed by atoms with Crippen molar-refractivity contribution in [1.82, 2.24) is 0 Å². The molecule has 0 aromatic carbocycles. The molecule has 12 heavy (non-hydrogen) atoms. The van der Waals surface area contributed by atoms with E-state index in [1.165, 1.54) is 0 Å². The molecular formula is C11H18O. The Kier molecular flexibility index (Phi) is 7.66. The molecule has 0 bridgehead atoms. The van der Waals surface area contributed by atoms with Gasteiger partial charge in [0, 0.05) is 6.42 Å². The number of hydrogen-bond acceptors (Lipinski definition) is 1. The van der Waals surface area contributed by atoms with Crippen LogP contribution in [0.4, 0.5) is 0 Å². The van der Waals surface area contributed by atoms with Gasteiger partial charge in [-0.2, -0.15) is 0 Å². The SMILES string of the molecule is C/C=C/CC/C=C/C(=O)CCC. The number of hydrogen-bond donors (Lipinski definition) is 0. The fraction of sp³-hybridized carbons (Fsp3) is 0.545. The number of unbranched alkanes of at least 4 members (excludes halogenated alkanes) is 1. The second kappa shape index (κ2) is 8.25. The summed E-state index contributed by atoms with van der Waals surface area (Å²) >= 11 is 0. The lowest BCUT2D eigenvalue weighted by molar-refractivity contribution is -0.114. The number of carbonyl (C=O) groups is 1. The van der Waals surface area contributed by atoms with Crippen LogP contribution < -0.4 is 0 Å². The van der Waals surface area contributed by atoms with Crippen LogP contribution in [0.25, 0.3) is 0 Å². The van der Waals surface area contributed by atoms with E-state index in [0.29, 0.717) is 6.42 Å². The summed E-state index contributed by atoms with van der Waals surface area (Å²) in [7, 11) is 0. The normalized spacial score (nSPS) is 11.5. The summed E-state index contributed by atoms with van der Waals surface area (Å²) in [6, 6.07) is 0. The maximum absolute atomic E-state index is 11.0. The molecule has 0 aliphatic heterocycles. The zero-order valence-corrected chi connectivity index (χ0v) is 8.05. The average Bonchev–Trinajstić information content (AvgIpc) is 2.05. The molecule has 0 aromatic heterocycles. The Morgan fingerprint density at radius 3 is 2.50 bits per heavy atom. The third kappa shape index (κ3) is 7.26. The summed E-state index contributed by atoms with van der Waals surface area (Å²) in [6.07, 6.45) is 11.4. The first-order valence-corrected chi connectivity index (χ1v) is 4.61. The quantitative estimate of drug-likeness (QED) is 0.336. The molecule has 0 amide bonds. The van der Waals surface area contributed by atoms with Crippen LogP contribution in [0.2, 0.25) is 0 Å². The lowest BCUT2D eigenvalue weighted by Gasteiger charge is -1.88. The zero-order chi connectivity index (χ0) is 9.23. The van der Waals surface area contributed by atoms with E-state index in [-0.39, 0.29) is 5.78 Å². The first-order valence-electron chi connectivity index (χ1n) is 4.61. The molecule has 0 saturated carbocycles. The van der Waals surface area contributed by atoms with E-state index in [1.807, 2.05) is 26.0 Å². The lowest BCUT2D eigenvalue weighted by atomic mass is 10.2. The summed E-state index contributed by atoms with van der Waals surface area (Å²) in [5.74, 6) is 0.248. The second-order valence-corrected chi connectivity index (χ2v) is 2.77. The number of allylic oxidation sites excluding steroid dienone is 4. The van der Waals surface area contributed by atoms with Crippen molar-refractivity contribution in [1.29, 1.82) is 0 Å². The van der Waals surface area contributed by atoms with Gasteiger partial charge in [0.2, 0.25) is 0 Å². The molecule has 0 atom stereocenters. The summed E-state index contributed by atoms with van der Waals surface area (Å²) in [6.45, 7) is 4.03. The van der Waals surface area contributed by atoms with Gasteiger partial charge in [0.15, 0.2) is 5.78 Å². The van der Waals surface area contributed by atoms with Crippen molar-refractivity contribution in [3.05, 3.63) is 24.3 Å². The van der Waals surface area contributed by atoms with Crippen molar-refractivity contribution >= 4 is 5.78 Å². The van der Waals surface area contributed by atoms with E-state index in [2.05, 4.69) is 6.08 Å². The smallest absolute Gasteiger partial charge is 0.155 e. The highest BCUT2D eigenvalue weighted by Crippen LogP contribution is 1.95. The Hall–Kier alpha value is -0.850. The predicted molar refractivity (Wildman–Crippen MR) is 53.1 cm³/mol. The van der Waals surface area contributed by atoms with Crippen molar-refractivity contribution < 1.29 is 4.79 Å². The molecule has 0 N–H and O–H groups in total. The molecule has 0 aromatic rings. The first kappa shape index (κ1) is 11.2. The summed E-state index contributed by atoms with van der Waals surface area (Å²) < 4.78 is 0. The van der Waals surface area contributed by atoms with Gasteiger partial charge in [0.25, 0.3) is 0 Å². The molecule has 1 heteroatoms. The maximum atomic E-state index is 11.0. The minimum atomic E-state index is 0.248. The van der Waals surface area contributed by atoms with Crippen LogP contribution in [0.3, 0.4) is 0 Å². The van der Waals surface area contributed by atoms with Gasteiger partial charge < -0.3 is 0 Å². The van der Waals surface area contributed by atoms with Crippen LogP contribution in [0.15, 0.2) is 24.3 Å². The van der Waals surface area contributed by atoms with Gasteiger partial charge in [-0.15, -0.1) is 0 Å². The molecule has 0 spiro atoms. The van der Waals surface area contributed by atoms with Gasteiger partial charge in [-0.05, 0) is 32.3 Å². The van der Waals surface area contributed by atoms with Crippen LogP contribution >= 0.6 is 0 Å². The number of ketones is 1. The van der Waals surface area contributed by atoms with Crippen molar-refractivity contribution in [2.75, 3.05) is 0 Å². The first-order chi connectivity index (χ1) is 5.81. The zero-order valence-electron chi connectivity index (χ0n) is 8.05. The molecule has 1 nitrogen and oxygen atoms in total. The van der Waals surface area contributed by atoms with Crippen molar-refractivity contribution in [2.24, 2.45) is 0 Å². The molecule has 0 aliphatic rings. The Bertz CT molecular complexity index is 166. The molecule has 0 radical (unpaired) electrons. The fourth-order valence-corrected chi connectivity index (χ4v) is 0.904. The Balaban J connectivity index is 3.41. The van der Waals surface area contributed by atoms with Crippen LogP contribution in [0.1, 0.15) is 39.5 Å². The largest absolute Gasteiger partial charge is 0.295 e. The molecule has 0 heterocycles. The van der Waals surface area contributed by atoms with E-state index in [9.17, 15) is 4.79 Å². The highest BCUT2D eigenvalue weighted by Gasteiger charge is 1.90. The third-order valence-electron chi connectivity index (χ3n) is 1.54. The van der Waals surface area contributed by atoms with Gasteiger partial charge in [0.1, 0.15) is 0 Å². The van der Waals surface area contributed by atoms with E-state index >= 15 is 0 Å². The highest BCUT2D eigenvalue weighted by atomic mass is 16.1. The van der Waals surface area contributed by atoms with Gasteiger partial charge >= 0.3 is 0 Å². The van der Waals surface area contributed by atoms with E-state index in [1.54, 1.807) is 6.08 Å². The standard InChI is InChI=1S/C11H18O/c1-3-5-6-7-8-10-11(12)9-4-2/h3,5,8,10H,4,6-7,9H2,1-2H3/b5-3+,10-8+. The second-order valence-electron chi connectivity index (χ2n) is 2.77. The third-order valence-corrected chi connectivity index (χ3v) is 1.54. The van der Waals surface area contributed by atoms with E-state index in [4.69, 9.17) is 0 Å². The topological polar surface area (TPSA) is 17.1 Å². The molecule has 0 unspecified atom stereocenters. The molecule has 0 aliphatic carbocycles. The Morgan fingerprint density at radius 1 is 1.25 bits per heavy atom. The van der Waals surface area contributed by atoms with Crippen LogP contribution in [0.5, 0.6) is 0 Å². The van der Waals surface area contributed by atoms with Gasteiger partial charge in [-0.25, -0.2) is 0 Å². The van der Waals surface area contributed by atoms with Crippen LogP contribution in [-0.2, 0) is 4.79 Å². The van der Waals surface area contributed by atoms with Crippen molar-refractivity contribution in [2.45, 2.75) is 39.5 Å². The monoisotopic (exact) mass is 166 g/mol. The van der Waals surface area contributed by atoms with Crippen LogP contribution in [0, 0.1) is 0 Å². The molecule has 0 saturated heterocycles. The fourth-order valence-electron chi connectivity index (χ4n) is 0.904. The van der Waals surface area contributed by atoms with Crippen LogP contribution in [-0.4, -0.2) is 5.78 Å². The van der Waals surface area contributed by atoms with Crippen molar-refractivity contribution in [3.63, 3.8) is 0 Å². The number of rotatable bonds is 6. The minimum Gasteiger partial charge on any atom is -0.295 e. The van der Waals surface area contributed by atoms with Gasteiger partial charge in [-0.1, -0.05) is 25.2 Å². The summed E-state index contributed by atoms with van der Waals surface area (Å²) in [5.41, 5.74) is 0.